The van der Waals surface area contributed by atoms with E-state index >= 15 is 0 Å². The highest BCUT2D eigenvalue weighted by atomic mass is 16.2. The van der Waals surface area contributed by atoms with E-state index in [0.29, 0.717) is 18.0 Å². The van der Waals surface area contributed by atoms with Crippen molar-refractivity contribution >= 4 is 5.91 Å². The Bertz CT molecular complexity index is 215. The van der Waals surface area contributed by atoms with E-state index in [9.17, 15) is 4.79 Å². The Morgan fingerprint density at radius 3 is 2.21 bits per heavy atom. The quantitative estimate of drug-likeness (QED) is 0.678. The lowest BCUT2D eigenvalue weighted by atomic mass is 9.93. The van der Waals surface area contributed by atoms with Gasteiger partial charge in [0, 0.05) is 25.2 Å². The van der Waals surface area contributed by atoms with Crippen LogP contribution in [0.5, 0.6) is 0 Å². The van der Waals surface area contributed by atoms with Gasteiger partial charge in [0.05, 0.1) is 5.92 Å². The zero-order valence-corrected chi connectivity index (χ0v) is 9.12. The number of nitrogens with zero attached hydrogens (tertiary/aromatic N) is 1. The van der Waals surface area contributed by atoms with Crippen LogP contribution >= 0.6 is 0 Å². The van der Waals surface area contributed by atoms with Crippen molar-refractivity contribution in [2.75, 3.05) is 13.1 Å². The maximum Gasteiger partial charge on any atom is 0.228 e. The minimum absolute atomic E-state index is 0.262. The van der Waals surface area contributed by atoms with Gasteiger partial charge < -0.3 is 10.2 Å². The Balaban J connectivity index is 2.01. The van der Waals surface area contributed by atoms with Crippen molar-refractivity contribution in [3.63, 3.8) is 0 Å². The molecule has 0 aromatic heterocycles. The van der Waals surface area contributed by atoms with Crippen LogP contribution in [0, 0.1) is 5.92 Å². The summed E-state index contributed by atoms with van der Waals surface area (Å²) >= 11 is 0. The van der Waals surface area contributed by atoms with Gasteiger partial charge in [-0.05, 0) is 33.1 Å². The van der Waals surface area contributed by atoms with Crippen molar-refractivity contribution in [3.05, 3.63) is 0 Å². The number of hydrogen-bond acceptors (Lipinski definition) is 2. The first kappa shape index (κ1) is 9.97. The lowest BCUT2D eigenvalue weighted by Gasteiger charge is -2.42. The maximum atomic E-state index is 12.1. The Hall–Kier alpha value is -0.570. The first-order chi connectivity index (χ1) is 6.70. The molecule has 2 atom stereocenters. The smallest absolute Gasteiger partial charge is 0.228 e. The summed E-state index contributed by atoms with van der Waals surface area (Å²) in [4.78, 5) is 14.2. The van der Waals surface area contributed by atoms with E-state index in [1.165, 1.54) is 19.3 Å². The zero-order valence-electron chi connectivity index (χ0n) is 9.12. The van der Waals surface area contributed by atoms with Crippen molar-refractivity contribution in [3.8, 4) is 0 Å². The summed E-state index contributed by atoms with van der Waals surface area (Å²) in [5.74, 6) is 0.640. The van der Waals surface area contributed by atoms with Gasteiger partial charge in [-0.3, -0.25) is 4.79 Å². The van der Waals surface area contributed by atoms with Crippen molar-refractivity contribution in [2.24, 2.45) is 5.92 Å². The van der Waals surface area contributed by atoms with E-state index in [2.05, 4.69) is 24.1 Å². The van der Waals surface area contributed by atoms with Crippen LogP contribution in [0.4, 0.5) is 0 Å². The monoisotopic (exact) mass is 196 g/mol. The Morgan fingerprint density at radius 2 is 1.79 bits per heavy atom. The van der Waals surface area contributed by atoms with Gasteiger partial charge in [-0.1, -0.05) is 0 Å². The topological polar surface area (TPSA) is 32.3 Å². The van der Waals surface area contributed by atoms with E-state index < -0.39 is 0 Å². The lowest BCUT2D eigenvalue weighted by molar-refractivity contribution is -0.143. The van der Waals surface area contributed by atoms with Crippen molar-refractivity contribution < 1.29 is 4.79 Å². The molecule has 0 aromatic carbocycles. The number of rotatable bonds is 1. The minimum Gasteiger partial charge on any atom is -0.337 e. The number of likely N-dealkylation sites (tertiary alicyclic amines) is 1. The third-order valence-electron chi connectivity index (χ3n) is 3.58. The van der Waals surface area contributed by atoms with E-state index in [0.717, 1.165) is 13.1 Å². The maximum absolute atomic E-state index is 12.1. The molecule has 2 aliphatic heterocycles. The van der Waals surface area contributed by atoms with Gasteiger partial charge in [-0.2, -0.15) is 0 Å². The summed E-state index contributed by atoms with van der Waals surface area (Å²) in [5, 5.41) is 3.16. The number of amides is 1. The molecular weight excluding hydrogens is 176 g/mol. The predicted molar refractivity (Wildman–Crippen MR) is 56.0 cm³/mol. The number of piperidine rings is 1. The minimum atomic E-state index is 0.262. The molecule has 3 nitrogen and oxygen atoms in total. The molecule has 2 heterocycles. The van der Waals surface area contributed by atoms with Crippen molar-refractivity contribution in [2.45, 2.75) is 45.2 Å². The standard InChI is InChI=1S/C11H20N2O/c1-8-4-3-5-9(2)13(8)11(14)10-6-12-7-10/h8-10,12H,3-7H2,1-2H3. The summed E-state index contributed by atoms with van der Waals surface area (Å²) in [7, 11) is 0. The molecule has 3 heteroatoms. The lowest BCUT2D eigenvalue weighted by Crippen LogP contribution is -2.57. The van der Waals surface area contributed by atoms with Crippen LogP contribution < -0.4 is 5.32 Å². The molecule has 14 heavy (non-hydrogen) atoms. The second-order valence-corrected chi connectivity index (χ2v) is 4.73. The number of carbonyl (C=O) groups excluding carboxylic acids is 1. The highest BCUT2D eigenvalue weighted by Crippen LogP contribution is 2.25. The van der Waals surface area contributed by atoms with Crippen LogP contribution in [0.1, 0.15) is 33.1 Å². The SMILES string of the molecule is CC1CCCC(C)N1C(=O)C1CNC1. The third-order valence-corrected chi connectivity index (χ3v) is 3.58. The molecule has 0 radical (unpaired) electrons. The van der Waals surface area contributed by atoms with Crippen LogP contribution in [0.25, 0.3) is 0 Å². The molecule has 1 amide bonds. The Morgan fingerprint density at radius 1 is 1.21 bits per heavy atom. The molecule has 2 rings (SSSR count). The van der Waals surface area contributed by atoms with Crippen LogP contribution in [-0.4, -0.2) is 36.0 Å². The van der Waals surface area contributed by atoms with Crippen LogP contribution in [0.2, 0.25) is 0 Å². The number of hydrogen-bond donors (Lipinski definition) is 1. The van der Waals surface area contributed by atoms with Crippen LogP contribution in [0.3, 0.4) is 0 Å². The zero-order chi connectivity index (χ0) is 10.1. The van der Waals surface area contributed by atoms with Crippen molar-refractivity contribution in [1.82, 2.24) is 10.2 Å². The first-order valence-electron chi connectivity index (χ1n) is 5.73. The number of carbonyl (C=O) groups is 1. The van der Waals surface area contributed by atoms with Gasteiger partial charge in [-0.15, -0.1) is 0 Å². The fraction of sp³-hybridized carbons (Fsp3) is 0.909. The molecular formula is C11H20N2O. The third kappa shape index (κ3) is 1.65. The molecule has 0 spiro atoms. The molecule has 2 aliphatic rings. The summed E-state index contributed by atoms with van der Waals surface area (Å²) in [5.41, 5.74) is 0. The van der Waals surface area contributed by atoms with Gasteiger partial charge in [0.15, 0.2) is 0 Å². The van der Waals surface area contributed by atoms with Gasteiger partial charge in [0.25, 0.3) is 0 Å². The first-order valence-corrected chi connectivity index (χ1v) is 5.73. The summed E-state index contributed by atoms with van der Waals surface area (Å²) in [6.07, 6.45) is 3.63. The average molecular weight is 196 g/mol. The fourth-order valence-electron chi connectivity index (χ4n) is 2.53. The predicted octanol–water partition coefficient (Wildman–Crippen LogP) is 0.995. The Labute approximate surface area is 85.8 Å². The van der Waals surface area contributed by atoms with Gasteiger partial charge in [0.2, 0.25) is 5.91 Å². The summed E-state index contributed by atoms with van der Waals surface area (Å²) < 4.78 is 0. The van der Waals surface area contributed by atoms with Crippen molar-refractivity contribution in [1.29, 1.82) is 0 Å². The summed E-state index contributed by atoms with van der Waals surface area (Å²) in [6, 6.07) is 0.902. The molecule has 80 valence electrons. The molecule has 2 saturated heterocycles. The van der Waals surface area contributed by atoms with Crippen LogP contribution in [0.15, 0.2) is 0 Å². The molecule has 2 unspecified atom stereocenters. The van der Waals surface area contributed by atoms with E-state index in [4.69, 9.17) is 0 Å². The molecule has 0 aromatic rings. The fourth-order valence-corrected chi connectivity index (χ4v) is 2.53. The second-order valence-electron chi connectivity index (χ2n) is 4.73. The Kier molecular flexibility index (Phi) is 2.77. The second kappa shape index (κ2) is 3.89. The van der Waals surface area contributed by atoms with Gasteiger partial charge in [-0.25, -0.2) is 0 Å². The highest BCUT2D eigenvalue weighted by molar-refractivity contribution is 5.80. The molecule has 0 aliphatic carbocycles. The van der Waals surface area contributed by atoms with E-state index in [1.807, 2.05) is 0 Å². The normalized spacial score (nSPS) is 34.0. The van der Waals surface area contributed by atoms with E-state index in [1.54, 1.807) is 0 Å². The molecule has 2 fully saturated rings. The van der Waals surface area contributed by atoms with Crippen LogP contribution in [-0.2, 0) is 4.79 Å². The summed E-state index contributed by atoms with van der Waals surface area (Å²) in [6.45, 7) is 6.13. The molecule has 1 N–H and O–H groups in total. The highest BCUT2D eigenvalue weighted by Gasteiger charge is 2.35. The average Bonchev–Trinajstić information content (AvgIpc) is 2.00. The largest absolute Gasteiger partial charge is 0.337 e. The number of nitrogens with one attached hydrogen (secondary N) is 1. The van der Waals surface area contributed by atoms with Gasteiger partial charge >= 0.3 is 0 Å². The van der Waals surface area contributed by atoms with E-state index in [-0.39, 0.29) is 5.92 Å². The molecule has 0 saturated carbocycles. The molecule has 0 bridgehead atoms. The van der Waals surface area contributed by atoms with Gasteiger partial charge in [0.1, 0.15) is 0 Å².